The van der Waals surface area contributed by atoms with Crippen LogP contribution in [0.2, 0.25) is 0 Å². The highest BCUT2D eigenvalue weighted by atomic mass is 79.9. The summed E-state index contributed by atoms with van der Waals surface area (Å²) >= 11 is 3.62. The molecule has 0 amide bonds. The van der Waals surface area contributed by atoms with Crippen molar-refractivity contribution in [2.45, 2.75) is 95.6 Å². The Morgan fingerprint density at radius 2 is 1.17 bits per heavy atom. The number of hydrogen-bond acceptors (Lipinski definition) is 4. The van der Waals surface area contributed by atoms with Crippen LogP contribution in [0.5, 0.6) is 0 Å². The first-order valence-corrected chi connectivity index (χ1v) is 10.2. The molecule has 2 unspecified atom stereocenters. The van der Waals surface area contributed by atoms with Gasteiger partial charge in [0.1, 0.15) is 23.3 Å². The van der Waals surface area contributed by atoms with Gasteiger partial charge in [0.15, 0.2) is 0 Å². The molecular weight excluding hydrogens is 360 g/mol. The van der Waals surface area contributed by atoms with Crippen LogP contribution in [0.1, 0.15) is 66.2 Å². The second-order valence-electron chi connectivity index (χ2n) is 6.26. The zero-order valence-corrected chi connectivity index (χ0v) is 16.8. The van der Waals surface area contributed by atoms with Crippen LogP contribution in [-0.4, -0.2) is 49.2 Å². The van der Waals surface area contributed by atoms with E-state index in [9.17, 15) is 0 Å². The molecule has 5 heteroatoms. The standard InChI is InChI=1S/C18H35BrO4/c1-5-8-11-20-15-14(4)23-18(19)17(22-13-10-7-3)16(15)21-12-9-6-2/h14-18H,5-13H2,1-4H3/t14?,15-,16?,17+,18+/m1/s1. The maximum Gasteiger partial charge on any atom is 0.141 e. The fourth-order valence-corrected chi connectivity index (χ4v) is 3.44. The Morgan fingerprint density at radius 3 is 1.65 bits per heavy atom. The lowest BCUT2D eigenvalue weighted by molar-refractivity contribution is -0.234. The largest absolute Gasteiger partial charge is 0.373 e. The van der Waals surface area contributed by atoms with Gasteiger partial charge in [0.25, 0.3) is 0 Å². The van der Waals surface area contributed by atoms with Gasteiger partial charge in [-0.05, 0) is 26.2 Å². The quantitative estimate of drug-likeness (QED) is 0.355. The molecule has 1 rings (SSSR count). The Bertz CT molecular complexity index is 268. The van der Waals surface area contributed by atoms with Crippen LogP contribution in [0.15, 0.2) is 0 Å². The molecule has 0 radical (unpaired) electrons. The monoisotopic (exact) mass is 394 g/mol. The molecule has 0 saturated carbocycles. The van der Waals surface area contributed by atoms with E-state index < -0.39 is 0 Å². The molecule has 23 heavy (non-hydrogen) atoms. The molecule has 138 valence electrons. The summed E-state index contributed by atoms with van der Waals surface area (Å²) in [6.07, 6.45) is 6.26. The van der Waals surface area contributed by atoms with Crippen LogP contribution in [0.4, 0.5) is 0 Å². The predicted molar refractivity (Wildman–Crippen MR) is 97.2 cm³/mol. The van der Waals surface area contributed by atoms with E-state index in [0.717, 1.165) is 58.3 Å². The van der Waals surface area contributed by atoms with Crippen LogP contribution in [0.3, 0.4) is 0 Å². The van der Waals surface area contributed by atoms with E-state index in [1.807, 2.05) is 0 Å². The van der Waals surface area contributed by atoms with E-state index in [-0.39, 0.29) is 29.4 Å². The Balaban J connectivity index is 2.71. The molecule has 0 aliphatic carbocycles. The average Bonchev–Trinajstić information content (AvgIpc) is 2.53. The summed E-state index contributed by atoms with van der Waals surface area (Å²) in [4.78, 5) is 0. The van der Waals surface area contributed by atoms with Gasteiger partial charge in [-0.25, -0.2) is 0 Å². The van der Waals surface area contributed by atoms with Gasteiger partial charge in [-0.3, -0.25) is 0 Å². The molecule has 0 bridgehead atoms. The van der Waals surface area contributed by atoms with Gasteiger partial charge >= 0.3 is 0 Å². The third-order valence-corrected chi connectivity index (χ3v) is 4.87. The minimum Gasteiger partial charge on any atom is -0.373 e. The van der Waals surface area contributed by atoms with Crippen molar-refractivity contribution in [1.29, 1.82) is 0 Å². The average molecular weight is 395 g/mol. The summed E-state index contributed by atoms with van der Waals surface area (Å²) in [5.74, 6) is 0. The lowest BCUT2D eigenvalue weighted by atomic mass is 10.00. The molecule has 0 spiro atoms. The maximum atomic E-state index is 6.19. The molecule has 1 aliphatic heterocycles. The van der Waals surface area contributed by atoms with Gasteiger partial charge in [0.2, 0.25) is 0 Å². The van der Waals surface area contributed by atoms with Crippen molar-refractivity contribution in [2.24, 2.45) is 0 Å². The topological polar surface area (TPSA) is 36.9 Å². The van der Waals surface area contributed by atoms with Crippen molar-refractivity contribution >= 4 is 15.9 Å². The van der Waals surface area contributed by atoms with Gasteiger partial charge in [-0.1, -0.05) is 56.0 Å². The van der Waals surface area contributed by atoms with Crippen molar-refractivity contribution in [1.82, 2.24) is 0 Å². The normalized spacial score (nSPS) is 31.4. The molecule has 0 N–H and O–H groups in total. The molecule has 0 aromatic rings. The summed E-state index contributed by atoms with van der Waals surface area (Å²) < 4.78 is 24.4. The summed E-state index contributed by atoms with van der Waals surface area (Å²) in [6, 6.07) is 0. The van der Waals surface area contributed by atoms with E-state index in [2.05, 4.69) is 43.6 Å². The fourth-order valence-electron chi connectivity index (χ4n) is 2.64. The molecule has 1 saturated heterocycles. The van der Waals surface area contributed by atoms with E-state index in [0.29, 0.717) is 0 Å². The Kier molecular flexibility index (Phi) is 11.7. The first-order chi connectivity index (χ1) is 11.2. The number of ether oxygens (including phenoxy) is 4. The van der Waals surface area contributed by atoms with Crippen molar-refractivity contribution in [3.8, 4) is 0 Å². The second kappa shape index (κ2) is 12.6. The second-order valence-corrected chi connectivity index (χ2v) is 7.16. The highest BCUT2D eigenvalue weighted by Gasteiger charge is 2.45. The molecule has 0 aromatic heterocycles. The van der Waals surface area contributed by atoms with E-state index in [4.69, 9.17) is 18.9 Å². The van der Waals surface area contributed by atoms with Gasteiger partial charge in [-0.15, -0.1) is 0 Å². The Hall–Kier alpha value is 0.320. The van der Waals surface area contributed by atoms with Gasteiger partial charge in [0, 0.05) is 19.8 Å². The molecule has 5 atom stereocenters. The Morgan fingerprint density at radius 1 is 0.739 bits per heavy atom. The molecule has 1 fully saturated rings. The minimum atomic E-state index is -0.146. The van der Waals surface area contributed by atoms with Crippen LogP contribution < -0.4 is 0 Å². The first-order valence-electron chi connectivity index (χ1n) is 9.29. The van der Waals surface area contributed by atoms with Crippen molar-refractivity contribution in [2.75, 3.05) is 19.8 Å². The third-order valence-electron chi connectivity index (χ3n) is 4.14. The van der Waals surface area contributed by atoms with Crippen LogP contribution >= 0.6 is 15.9 Å². The SMILES string of the molecule is CCCCOC1[C@H](OCCCC)C(C)O[C@H](Br)[C@H]1OCCCC. The lowest BCUT2D eigenvalue weighted by Crippen LogP contribution is -2.58. The molecule has 1 heterocycles. The summed E-state index contributed by atoms with van der Waals surface area (Å²) in [5.41, 5.74) is 0. The van der Waals surface area contributed by atoms with Gasteiger partial charge in [-0.2, -0.15) is 0 Å². The molecular formula is C18H35BrO4. The lowest BCUT2D eigenvalue weighted by Gasteiger charge is -2.43. The summed E-state index contributed by atoms with van der Waals surface area (Å²) in [7, 11) is 0. The first kappa shape index (κ1) is 21.4. The smallest absolute Gasteiger partial charge is 0.141 e. The number of halogens is 1. The van der Waals surface area contributed by atoms with Crippen molar-refractivity contribution < 1.29 is 18.9 Å². The van der Waals surface area contributed by atoms with E-state index in [1.54, 1.807) is 0 Å². The highest BCUT2D eigenvalue weighted by molar-refractivity contribution is 9.09. The van der Waals surface area contributed by atoms with Crippen molar-refractivity contribution in [3.05, 3.63) is 0 Å². The number of alkyl halides is 1. The maximum absolute atomic E-state index is 6.19. The van der Waals surface area contributed by atoms with Crippen LogP contribution in [0, 0.1) is 0 Å². The van der Waals surface area contributed by atoms with Crippen LogP contribution in [-0.2, 0) is 18.9 Å². The van der Waals surface area contributed by atoms with E-state index >= 15 is 0 Å². The van der Waals surface area contributed by atoms with Gasteiger partial charge in [0.05, 0.1) is 6.10 Å². The summed E-state index contributed by atoms with van der Waals surface area (Å²) in [5, 5.41) is -0.146. The highest BCUT2D eigenvalue weighted by Crippen LogP contribution is 2.31. The zero-order valence-electron chi connectivity index (χ0n) is 15.3. The zero-order chi connectivity index (χ0) is 17.1. The summed E-state index contributed by atoms with van der Waals surface area (Å²) in [6.45, 7) is 10.8. The number of hydrogen-bond donors (Lipinski definition) is 0. The predicted octanol–water partition coefficient (Wildman–Crippen LogP) is 4.68. The fraction of sp³-hybridized carbons (Fsp3) is 1.00. The van der Waals surface area contributed by atoms with Gasteiger partial charge < -0.3 is 18.9 Å². The third kappa shape index (κ3) is 7.39. The Labute approximate surface area is 150 Å². The van der Waals surface area contributed by atoms with Crippen molar-refractivity contribution in [3.63, 3.8) is 0 Å². The minimum absolute atomic E-state index is 0.00566. The number of rotatable bonds is 12. The number of unbranched alkanes of at least 4 members (excludes halogenated alkanes) is 3. The molecule has 0 aromatic carbocycles. The van der Waals surface area contributed by atoms with E-state index in [1.165, 1.54) is 0 Å². The molecule has 1 aliphatic rings. The van der Waals surface area contributed by atoms with Crippen LogP contribution in [0.25, 0.3) is 0 Å². The molecule has 4 nitrogen and oxygen atoms in total.